The Kier molecular flexibility index (Phi) is 10.9. The molecule has 2 atom stereocenters. The van der Waals surface area contributed by atoms with Crippen LogP contribution < -0.4 is 0 Å². The highest BCUT2D eigenvalue weighted by Crippen LogP contribution is 2.20. The molecule has 1 heteroatoms. The first kappa shape index (κ1) is 13.4. The quantitative estimate of drug-likeness (QED) is 0.377. The lowest BCUT2D eigenvalue weighted by Crippen LogP contribution is -2.01. The summed E-state index contributed by atoms with van der Waals surface area (Å²) in [4.78, 5) is 0. The van der Waals surface area contributed by atoms with Crippen LogP contribution in [0.25, 0.3) is 0 Å². The van der Waals surface area contributed by atoms with E-state index < -0.39 is 0 Å². The van der Waals surface area contributed by atoms with Gasteiger partial charge in [-0.2, -0.15) is 0 Å². The molecule has 0 saturated carbocycles. The van der Waals surface area contributed by atoms with Gasteiger partial charge in [-0.1, -0.05) is 58.8 Å². The van der Waals surface area contributed by atoms with Crippen molar-refractivity contribution in [3.05, 3.63) is 0 Å². The van der Waals surface area contributed by atoms with E-state index in [0.717, 1.165) is 5.92 Å². The number of rotatable bonds is 9. The molecule has 0 fully saturated rings. The van der Waals surface area contributed by atoms with Gasteiger partial charge in [-0.3, -0.25) is 0 Å². The van der Waals surface area contributed by atoms with Crippen LogP contribution >= 0.6 is 9.24 Å². The topological polar surface area (TPSA) is 0 Å². The zero-order valence-corrected chi connectivity index (χ0v) is 10.7. The first-order valence-electron chi connectivity index (χ1n) is 6.05. The van der Waals surface area contributed by atoms with Gasteiger partial charge in [-0.05, 0) is 18.5 Å². The number of hydrogen-bond acceptors (Lipinski definition) is 0. The molecule has 80 valence electrons. The van der Waals surface area contributed by atoms with Crippen molar-refractivity contribution in [1.82, 2.24) is 0 Å². The summed E-state index contributed by atoms with van der Waals surface area (Å²) < 4.78 is 0. The average molecular weight is 202 g/mol. The highest BCUT2D eigenvalue weighted by molar-refractivity contribution is 7.16. The minimum absolute atomic E-state index is 1.02. The van der Waals surface area contributed by atoms with Crippen LogP contribution in [-0.4, -0.2) is 6.16 Å². The molecule has 0 N–H and O–H groups in total. The van der Waals surface area contributed by atoms with E-state index in [4.69, 9.17) is 0 Å². The van der Waals surface area contributed by atoms with E-state index in [1.807, 2.05) is 0 Å². The van der Waals surface area contributed by atoms with Gasteiger partial charge in [0.1, 0.15) is 0 Å². The zero-order valence-electron chi connectivity index (χ0n) is 9.52. The molecular weight excluding hydrogens is 175 g/mol. The second-order valence-electron chi connectivity index (χ2n) is 4.08. The minimum Gasteiger partial charge on any atom is -0.138 e. The van der Waals surface area contributed by atoms with Crippen LogP contribution in [0.4, 0.5) is 0 Å². The molecule has 0 radical (unpaired) electrons. The second-order valence-corrected chi connectivity index (χ2v) is 4.66. The van der Waals surface area contributed by atoms with Gasteiger partial charge < -0.3 is 0 Å². The van der Waals surface area contributed by atoms with E-state index in [9.17, 15) is 0 Å². The van der Waals surface area contributed by atoms with Gasteiger partial charge in [0.15, 0.2) is 0 Å². The summed E-state index contributed by atoms with van der Waals surface area (Å²) in [6, 6.07) is 0. The van der Waals surface area contributed by atoms with E-state index in [2.05, 4.69) is 23.1 Å². The van der Waals surface area contributed by atoms with Crippen molar-refractivity contribution in [3.63, 3.8) is 0 Å². The zero-order chi connectivity index (χ0) is 9.94. The smallest absolute Gasteiger partial charge is 0.0378 e. The Labute approximate surface area is 87.1 Å². The van der Waals surface area contributed by atoms with Crippen molar-refractivity contribution in [2.24, 2.45) is 5.92 Å². The first-order chi connectivity index (χ1) is 6.35. The number of unbranched alkanes of at least 4 members (excludes halogenated alkanes) is 3. The van der Waals surface area contributed by atoms with E-state index in [1.54, 1.807) is 0 Å². The Morgan fingerprint density at radius 3 is 2.00 bits per heavy atom. The predicted octanol–water partition coefficient (Wildman–Crippen LogP) is 4.64. The van der Waals surface area contributed by atoms with Crippen molar-refractivity contribution in [2.75, 3.05) is 6.16 Å². The lowest BCUT2D eigenvalue weighted by Gasteiger charge is -2.14. The van der Waals surface area contributed by atoms with Crippen molar-refractivity contribution in [3.8, 4) is 0 Å². The van der Waals surface area contributed by atoms with Crippen LogP contribution in [0.15, 0.2) is 0 Å². The molecule has 0 bridgehead atoms. The largest absolute Gasteiger partial charge is 0.138 e. The third-order valence-electron chi connectivity index (χ3n) is 2.76. The summed E-state index contributed by atoms with van der Waals surface area (Å²) in [6.07, 6.45) is 12.7. The fraction of sp³-hybridized carbons (Fsp3) is 1.00. The van der Waals surface area contributed by atoms with E-state index in [1.165, 1.54) is 57.5 Å². The molecule has 0 aromatic carbocycles. The fourth-order valence-electron chi connectivity index (χ4n) is 1.84. The van der Waals surface area contributed by atoms with E-state index in [0.29, 0.717) is 0 Å². The van der Waals surface area contributed by atoms with Gasteiger partial charge >= 0.3 is 0 Å². The van der Waals surface area contributed by atoms with E-state index in [-0.39, 0.29) is 0 Å². The number of hydrogen-bond donors (Lipinski definition) is 0. The summed E-state index contributed by atoms with van der Waals surface area (Å²) in [5.41, 5.74) is 0. The summed E-state index contributed by atoms with van der Waals surface area (Å²) in [5, 5.41) is 0. The highest BCUT2D eigenvalue weighted by atomic mass is 31.0. The fourth-order valence-corrected chi connectivity index (χ4v) is 2.32. The van der Waals surface area contributed by atoms with Gasteiger partial charge in [0, 0.05) is 0 Å². The second kappa shape index (κ2) is 10.5. The highest BCUT2D eigenvalue weighted by Gasteiger charge is 2.06. The molecule has 0 amide bonds. The van der Waals surface area contributed by atoms with Crippen molar-refractivity contribution in [1.29, 1.82) is 0 Å². The van der Waals surface area contributed by atoms with Crippen molar-refractivity contribution in [2.45, 2.75) is 65.2 Å². The van der Waals surface area contributed by atoms with Crippen LogP contribution in [0.1, 0.15) is 65.2 Å². The Morgan fingerprint density at radius 1 is 0.846 bits per heavy atom. The Hall–Kier alpha value is 0.430. The normalized spacial score (nSPS) is 13.2. The third kappa shape index (κ3) is 8.75. The molecule has 0 heterocycles. The predicted molar refractivity (Wildman–Crippen MR) is 66.4 cm³/mol. The van der Waals surface area contributed by atoms with Crippen molar-refractivity contribution >= 4 is 9.24 Å². The standard InChI is InChI=1S/C12H27P/c1-3-5-7-9-12(10-11-13)8-6-4-2/h12H,3-11,13H2,1-2H3. The molecule has 0 rings (SSSR count). The Balaban J connectivity index is 3.41. The lowest BCUT2D eigenvalue weighted by atomic mass is 9.93. The van der Waals surface area contributed by atoms with Crippen molar-refractivity contribution < 1.29 is 0 Å². The molecule has 0 aromatic rings. The van der Waals surface area contributed by atoms with Gasteiger partial charge in [0.05, 0.1) is 0 Å². The van der Waals surface area contributed by atoms with Crippen LogP contribution in [-0.2, 0) is 0 Å². The summed E-state index contributed by atoms with van der Waals surface area (Å²) in [5.74, 6) is 1.02. The summed E-state index contributed by atoms with van der Waals surface area (Å²) >= 11 is 0. The van der Waals surface area contributed by atoms with Gasteiger partial charge in [0.2, 0.25) is 0 Å². The molecule has 0 aliphatic heterocycles. The van der Waals surface area contributed by atoms with Crippen LogP contribution in [0.3, 0.4) is 0 Å². The third-order valence-corrected chi connectivity index (χ3v) is 3.09. The molecule has 0 nitrogen and oxygen atoms in total. The molecule has 0 spiro atoms. The monoisotopic (exact) mass is 202 g/mol. The Bertz CT molecular complexity index is 91.1. The van der Waals surface area contributed by atoms with Crippen LogP contribution in [0.5, 0.6) is 0 Å². The first-order valence-corrected chi connectivity index (χ1v) is 6.86. The SMILES string of the molecule is CCCCCC(CCP)CCCC. The summed E-state index contributed by atoms with van der Waals surface area (Å²) in [7, 11) is 2.87. The van der Waals surface area contributed by atoms with Gasteiger partial charge in [-0.15, -0.1) is 9.24 Å². The van der Waals surface area contributed by atoms with Crippen LogP contribution in [0.2, 0.25) is 0 Å². The molecule has 13 heavy (non-hydrogen) atoms. The maximum absolute atomic E-state index is 2.87. The van der Waals surface area contributed by atoms with E-state index >= 15 is 0 Å². The van der Waals surface area contributed by atoms with Crippen LogP contribution in [0, 0.1) is 5.92 Å². The maximum Gasteiger partial charge on any atom is -0.0378 e. The van der Waals surface area contributed by atoms with Gasteiger partial charge in [-0.25, -0.2) is 0 Å². The summed E-state index contributed by atoms with van der Waals surface area (Å²) in [6.45, 7) is 4.58. The average Bonchev–Trinajstić information content (AvgIpc) is 2.14. The molecule has 0 aromatic heterocycles. The lowest BCUT2D eigenvalue weighted by molar-refractivity contribution is 0.406. The Morgan fingerprint density at radius 2 is 1.46 bits per heavy atom. The molecule has 2 unspecified atom stereocenters. The molecular formula is C12H27P. The molecule has 0 aliphatic rings. The molecule has 0 aliphatic carbocycles. The molecule has 0 saturated heterocycles. The maximum atomic E-state index is 2.87. The minimum atomic E-state index is 1.02. The van der Waals surface area contributed by atoms with Gasteiger partial charge in [0.25, 0.3) is 0 Å².